The summed E-state index contributed by atoms with van der Waals surface area (Å²) < 4.78 is 7.28. The summed E-state index contributed by atoms with van der Waals surface area (Å²) in [5.74, 6) is -0.633. The number of amides is 1. The number of nitrogens with one attached hydrogen (secondary N) is 1. The molecule has 0 saturated heterocycles. The first kappa shape index (κ1) is 21.4. The number of ether oxygens (including phenoxy) is 1. The van der Waals surface area contributed by atoms with Gasteiger partial charge in [-0.2, -0.15) is 0 Å². The van der Waals surface area contributed by atoms with E-state index in [1.807, 2.05) is 60.7 Å². The maximum absolute atomic E-state index is 13.3. The molecule has 5 heteroatoms. The maximum atomic E-state index is 13.3. The smallest absolute Gasteiger partial charge is 0.298 e. The second-order valence-corrected chi connectivity index (χ2v) is 8.72. The molecular weight excluding hydrogens is 400 g/mol. The number of carbonyl (C=O) groups excluding carboxylic acids is 2. The fourth-order valence-electron chi connectivity index (χ4n) is 3.88. The number of pyridine rings is 1. The molecule has 5 nitrogen and oxygen atoms in total. The molecule has 2 aromatic heterocycles. The molecule has 0 radical (unpaired) electrons. The van der Waals surface area contributed by atoms with Gasteiger partial charge >= 0.3 is 0 Å². The van der Waals surface area contributed by atoms with Crippen LogP contribution in [0, 0.1) is 0 Å². The van der Waals surface area contributed by atoms with Crippen molar-refractivity contribution in [3.8, 4) is 16.9 Å². The Morgan fingerprint density at radius 1 is 0.906 bits per heavy atom. The van der Waals surface area contributed by atoms with Gasteiger partial charge in [0.05, 0.1) is 7.11 Å². The van der Waals surface area contributed by atoms with Crippen LogP contribution in [-0.4, -0.2) is 23.2 Å². The number of hydrogen-bond acceptors (Lipinski definition) is 3. The molecule has 4 rings (SSSR count). The first-order valence-corrected chi connectivity index (χ1v) is 10.5. The molecule has 2 heterocycles. The molecule has 0 bridgehead atoms. The number of rotatable bonds is 5. The lowest BCUT2D eigenvalue weighted by molar-refractivity contribution is -0.112. The Bertz CT molecular complexity index is 1300. The second-order valence-electron chi connectivity index (χ2n) is 8.72. The standard InChI is InChI=1S/C27H26N2O3/c1-27(2,3)22-14-13-19(16-23(22)32-4)28-26(31)25(30)24-21(18-10-6-5-7-11-18)17-20-12-8-9-15-29(20)24/h5-17H,1-4H3,(H,28,31). The fraction of sp³-hybridized carbons (Fsp3) is 0.185. The highest BCUT2D eigenvalue weighted by atomic mass is 16.5. The largest absolute Gasteiger partial charge is 0.496 e. The average molecular weight is 427 g/mol. The number of aromatic nitrogens is 1. The number of benzene rings is 2. The normalized spacial score (nSPS) is 11.4. The van der Waals surface area contributed by atoms with Crippen LogP contribution in [0.15, 0.2) is 79.0 Å². The average Bonchev–Trinajstić information content (AvgIpc) is 3.18. The molecular formula is C27H26N2O3. The second kappa shape index (κ2) is 8.35. The summed E-state index contributed by atoms with van der Waals surface area (Å²) >= 11 is 0. The summed E-state index contributed by atoms with van der Waals surface area (Å²) in [6.07, 6.45) is 1.80. The number of hydrogen-bond donors (Lipinski definition) is 1. The lowest BCUT2D eigenvalue weighted by atomic mass is 9.86. The zero-order chi connectivity index (χ0) is 22.9. The monoisotopic (exact) mass is 426 g/mol. The van der Waals surface area contributed by atoms with Gasteiger partial charge in [0.25, 0.3) is 11.7 Å². The zero-order valence-electron chi connectivity index (χ0n) is 18.7. The number of nitrogens with zero attached hydrogens (tertiary/aromatic N) is 1. The van der Waals surface area contributed by atoms with Crippen molar-refractivity contribution in [3.63, 3.8) is 0 Å². The summed E-state index contributed by atoms with van der Waals surface area (Å²) in [4.78, 5) is 26.3. The molecule has 0 atom stereocenters. The number of anilines is 1. The summed E-state index contributed by atoms with van der Waals surface area (Å²) in [5, 5.41) is 2.74. The van der Waals surface area contributed by atoms with E-state index in [4.69, 9.17) is 4.74 Å². The van der Waals surface area contributed by atoms with Crippen molar-refractivity contribution >= 4 is 22.9 Å². The lowest BCUT2D eigenvalue weighted by Crippen LogP contribution is -2.25. The molecule has 0 unspecified atom stereocenters. The molecule has 1 amide bonds. The third kappa shape index (κ3) is 4.02. The molecule has 2 aromatic carbocycles. The minimum atomic E-state index is -0.698. The minimum Gasteiger partial charge on any atom is -0.496 e. The number of methoxy groups -OCH3 is 1. The Kier molecular flexibility index (Phi) is 5.57. The molecule has 0 aliphatic heterocycles. The van der Waals surface area contributed by atoms with Crippen molar-refractivity contribution in [2.45, 2.75) is 26.2 Å². The van der Waals surface area contributed by atoms with Crippen LogP contribution in [0.1, 0.15) is 36.8 Å². The van der Waals surface area contributed by atoms with Gasteiger partial charge in [-0.15, -0.1) is 0 Å². The number of carbonyl (C=O) groups is 2. The Hall–Kier alpha value is -3.86. The Labute approximate surface area is 187 Å². The van der Waals surface area contributed by atoms with Crippen LogP contribution < -0.4 is 10.1 Å². The first-order valence-electron chi connectivity index (χ1n) is 10.5. The van der Waals surface area contributed by atoms with Crippen LogP contribution in [-0.2, 0) is 10.2 Å². The Balaban J connectivity index is 1.71. The van der Waals surface area contributed by atoms with Crippen LogP contribution in [0.4, 0.5) is 5.69 Å². The highest BCUT2D eigenvalue weighted by Gasteiger charge is 2.25. The van der Waals surface area contributed by atoms with Gasteiger partial charge in [-0.25, -0.2) is 0 Å². The molecule has 0 aliphatic carbocycles. The van der Waals surface area contributed by atoms with Gasteiger partial charge < -0.3 is 14.5 Å². The van der Waals surface area contributed by atoms with Crippen molar-refractivity contribution in [2.75, 3.05) is 12.4 Å². The Morgan fingerprint density at radius 3 is 2.31 bits per heavy atom. The van der Waals surface area contributed by atoms with Gasteiger partial charge in [0.1, 0.15) is 11.4 Å². The van der Waals surface area contributed by atoms with E-state index in [-0.39, 0.29) is 5.41 Å². The predicted molar refractivity (Wildman–Crippen MR) is 127 cm³/mol. The lowest BCUT2D eigenvalue weighted by Gasteiger charge is -2.22. The molecule has 0 aliphatic rings. The van der Waals surface area contributed by atoms with E-state index in [1.54, 1.807) is 29.8 Å². The SMILES string of the molecule is COc1cc(NC(=O)C(=O)c2c(-c3ccccc3)cc3ccccn23)ccc1C(C)(C)C. The van der Waals surface area contributed by atoms with Crippen LogP contribution in [0.5, 0.6) is 5.75 Å². The van der Waals surface area contributed by atoms with E-state index in [0.717, 1.165) is 22.2 Å². The minimum absolute atomic E-state index is 0.112. The summed E-state index contributed by atoms with van der Waals surface area (Å²) in [6.45, 7) is 6.28. The van der Waals surface area contributed by atoms with Crippen molar-refractivity contribution in [1.82, 2.24) is 4.40 Å². The zero-order valence-corrected chi connectivity index (χ0v) is 18.7. The van der Waals surface area contributed by atoms with Gasteiger partial charge in [0, 0.05) is 29.0 Å². The van der Waals surface area contributed by atoms with Gasteiger partial charge in [-0.05, 0) is 40.8 Å². The van der Waals surface area contributed by atoms with Gasteiger partial charge in [0.15, 0.2) is 0 Å². The van der Waals surface area contributed by atoms with Crippen molar-refractivity contribution in [3.05, 3.63) is 90.3 Å². The van der Waals surface area contributed by atoms with Gasteiger partial charge in [-0.1, -0.05) is 63.2 Å². The van der Waals surface area contributed by atoms with E-state index < -0.39 is 11.7 Å². The predicted octanol–water partition coefficient (Wildman–Crippen LogP) is 5.73. The molecule has 32 heavy (non-hydrogen) atoms. The van der Waals surface area contributed by atoms with E-state index in [1.165, 1.54) is 0 Å². The third-order valence-electron chi connectivity index (χ3n) is 5.45. The van der Waals surface area contributed by atoms with E-state index in [9.17, 15) is 9.59 Å². The molecule has 1 N–H and O–H groups in total. The summed E-state index contributed by atoms with van der Waals surface area (Å²) in [5.41, 5.74) is 4.20. The van der Waals surface area contributed by atoms with Crippen LogP contribution in [0.2, 0.25) is 0 Å². The topological polar surface area (TPSA) is 59.8 Å². The number of fused-ring (bicyclic) bond motifs is 1. The van der Waals surface area contributed by atoms with E-state index >= 15 is 0 Å². The van der Waals surface area contributed by atoms with Crippen molar-refractivity contribution in [1.29, 1.82) is 0 Å². The molecule has 0 fully saturated rings. The van der Waals surface area contributed by atoms with Crippen LogP contribution in [0.3, 0.4) is 0 Å². The number of Topliss-reactive ketones (excluding diaryl/α,β-unsaturated/α-hetero) is 1. The highest BCUT2D eigenvalue weighted by molar-refractivity contribution is 6.47. The van der Waals surface area contributed by atoms with Gasteiger partial charge in [-0.3, -0.25) is 9.59 Å². The molecule has 0 saturated carbocycles. The quantitative estimate of drug-likeness (QED) is 0.327. The van der Waals surface area contributed by atoms with Crippen LogP contribution in [0.25, 0.3) is 16.6 Å². The highest BCUT2D eigenvalue weighted by Crippen LogP contribution is 2.33. The van der Waals surface area contributed by atoms with Crippen molar-refractivity contribution < 1.29 is 14.3 Å². The molecule has 4 aromatic rings. The van der Waals surface area contributed by atoms with Crippen LogP contribution >= 0.6 is 0 Å². The first-order chi connectivity index (χ1) is 15.3. The van der Waals surface area contributed by atoms with Gasteiger partial charge in [0.2, 0.25) is 0 Å². The molecule has 162 valence electrons. The fourth-order valence-corrected chi connectivity index (χ4v) is 3.88. The molecule has 0 spiro atoms. The van der Waals surface area contributed by atoms with E-state index in [0.29, 0.717) is 17.1 Å². The number of ketones is 1. The maximum Gasteiger partial charge on any atom is 0.298 e. The van der Waals surface area contributed by atoms with Crippen molar-refractivity contribution in [2.24, 2.45) is 0 Å². The Morgan fingerprint density at radius 2 is 1.62 bits per heavy atom. The third-order valence-corrected chi connectivity index (χ3v) is 5.45. The summed E-state index contributed by atoms with van der Waals surface area (Å²) in [7, 11) is 1.60. The van der Waals surface area contributed by atoms with E-state index in [2.05, 4.69) is 26.1 Å². The summed E-state index contributed by atoms with van der Waals surface area (Å²) in [6, 6.07) is 22.7.